The number of nitrogens with one attached hydrogen (secondary N) is 1. The number of benzene rings is 1. The molecule has 0 aliphatic heterocycles. The molecule has 1 unspecified atom stereocenters. The van der Waals surface area contributed by atoms with Gasteiger partial charge >= 0.3 is 6.09 Å². The van der Waals surface area contributed by atoms with Gasteiger partial charge in [0.25, 0.3) is 0 Å². The first-order valence-corrected chi connectivity index (χ1v) is 6.79. The van der Waals surface area contributed by atoms with Crippen LogP contribution < -0.4 is 5.32 Å². The first-order chi connectivity index (χ1) is 9.17. The van der Waals surface area contributed by atoms with E-state index in [4.69, 9.17) is 16.3 Å². The summed E-state index contributed by atoms with van der Waals surface area (Å²) in [6.45, 7) is 7.22. The fraction of sp³-hybridized carbons (Fsp3) is 0.467. The van der Waals surface area contributed by atoms with Gasteiger partial charge in [-0.1, -0.05) is 29.8 Å². The van der Waals surface area contributed by atoms with Gasteiger partial charge in [-0.05, 0) is 44.9 Å². The minimum Gasteiger partial charge on any atom is -0.444 e. The van der Waals surface area contributed by atoms with Crippen molar-refractivity contribution in [1.29, 1.82) is 0 Å². The zero-order valence-electron chi connectivity index (χ0n) is 12.2. The predicted octanol–water partition coefficient (Wildman–Crippen LogP) is 3.20. The minimum atomic E-state index is -0.798. The number of hydrogen-bond acceptors (Lipinski definition) is 3. The third-order valence-electron chi connectivity index (χ3n) is 2.49. The summed E-state index contributed by atoms with van der Waals surface area (Å²) in [5.74, 6) is 0. The first kappa shape index (κ1) is 16.5. The maximum atomic E-state index is 11.7. The summed E-state index contributed by atoms with van der Waals surface area (Å²) in [5.41, 5.74) is 1.40. The molecule has 0 bridgehead atoms. The van der Waals surface area contributed by atoms with Crippen LogP contribution in [0.5, 0.6) is 0 Å². The topological polar surface area (TPSA) is 55.4 Å². The summed E-state index contributed by atoms with van der Waals surface area (Å²) in [4.78, 5) is 23.1. The van der Waals surface area contributed by atoms with Crippen LogP contribution in [0.15, 0.2) is 24.3 Å². The Kier molecular flexibility index (Phi) is 5.57. The number of halogens is 1. The molecule has 1 atom stereocenters. The maximum absolute atomic E-state index is 11.7. The second-order valence-corrected chi connectivity index (χ2v) is 6.07. The molecular weight excluding hydrogens is 278 g/mol. The van der Waals surface area contributed by atoms with Gasteiger partial charge in [0, 0.05) is 6.42 Å². The maximum Gasteiger partial charge on any atom is 0.408 e. The van der Waals surface area contributed by atoms with Crippen molar-refractivity contribution in [2.75, 3.05) is 0 Å². The van der Waals surface area contributed by atoms with Gasteiger partial charge in [-0.2, -0.15) is 0 Å². The quantitative estimate of drug-likeness (QED) is 0.868. The Morgan fingerprint density at radius 1 is 1.35 bits per heavy atom. The molecule has 0 spiro atoms. The predicted molar refractivity (Wildman–Crippen MR) is 78.9 cm³/mol. The van der Waals surface area contributed by atoms with Crippen LogP contribution in [-0.2, 0) is 16.0 Å². The molecule has 1 N–H and O–H groups in total. The average Bonchev–Trinajstić information content (AvgIpc) is 2.25. The molecule has 0 radical (unpaired) electrons. The van der Waals surface area contributed by atoms with Crippen molar-refractivity contribution >= 4 is 22.9 Å². The molecule has 1 aromatic rings. The van der Waals surface area contributed by atoms with Gasteiger partial charge in [-0.15, -0.1) is 0 Å². The molecule has 0 aliphatic carbocycles. The Bertz CT molecular complexity index is 494. The Morgan fingerprint density at radius 2 is 2.00 bits per heavy atom. The third kappa shape index (κ3) is 6.06. The lowest BCUT2D eigenvalue weighted by Crippen LogP contribution is -2.43. The second kappa shape index (κ2) is 6.75. The van der Waals surface area contributed by atoms with Crippen LogP contribution in [0.1, 0.15) is 31.9 Å². The van der Waals surface area contributed by atoms with E-state index < -0.39 is 23.0 Å². The number of carbonyl (C=O) groups excluding carboxylic acids is 2. The lowest BCUT2D eigenvalue weighted by atomic mass is 10.0. The number of ether oxygens (including phenoxy) is 1. The van der Waals surface area contributed by atoms with Crippen LogP contribution in [0, 0.1) is 6.92 Å². The Balaban J connectivity index is 2.71. The monoisotopic (exact) mass is 297 g/mol. The second-order valence-electron chi connectivity index (χ2n) is 5.70. The summed E-state index contributed by atoms with van der Waals surface area (Å²) in [6.07, 6.45) is -0.312. The van der Waals surface area contributed by atoms with E-state index in [1.807, 2.05) is 31.2 Å². The van der Waals surface area contributed by atoms with Crippen LogP contribution in [0.2, 0.25) is 0 Å². The summed E-state index contributed by atoms with van der Waals surface area (Å²) >= 11 is 5.54. The molecule has 20 heavy (non-hydrogen) atoms. The van der Waals surface area contributed by atoms with E-state index in [-0.39, 0.29) is 0 Å². The van der Waals surface area contributed by atoms with Crippen molar-refractivity contribution < 1.29 is 14.3 Å². The van der Waals surface area contributed by atoms with Crippen LogP contribution in [-0.4, -0.2) is 23.0 Å². The van der Waals surface area contributed by atoms with Crippen molar-refractivity contribution in [2.45, 2.75) is 45.8 Å². The first-order valence-electron chi connectivity index (χ1n) is 6.42. The van der Waals surface area contributed by atoms with Crippen LogP contribution in [0.4, 0.5) is 4.79 Å². The largest absolute Gasteiger partial charge is 0.444 e. The van der Waals surface area contributed by atoms with Gasteiger partial charge in [0.1, 0.15) is 11.6 Å². The lowest BCUT2D eigenvalue weighted by Gasteiger charge is -2.22. The average molecular weight is 298 g/mol. The zero-order valence-corrected chi connectivity index (χ0v) is 13.0. The van der Waals surface area contributed by atoms with Gasteiger partial charge in [-0.3, -0.25) is 4.79 Å². The van der Waals surface area contributed by atoms with E-state index >= 15 is 0 Å². The number of carbonyl (C=O) groups is 2. The van der Waals surface area contributed by atoms with Gasteiger partial charge in [0.05, 0.1) is 0 Å². The summed E-state index contributed by atoms with van der Waals surface area (Å²) in [6, 6.07) is 6.89. The van der Waals surface area contributed by atoms with Crippen molar-refractivity contribution in [3.05, 3.63) is 35.4 Å². The molecule has 1 aromatic carbocycles. The molecule has 0 saturated carbocycles. The number of alkyl carbamates (subject to hydrolysis) is 1. The highest BCUT2D eigenvalue weighted by molar-refractivity contribution is 6.64. The fourth-order valence-electron chi connectivity index (χ4n) is 1.71. The molecule has 5 heteroatoms. The molecule has 0 fully saturated rings. The molecule has 0 aliphatic rings. The highest BCUT2D eigenvalue weighted by Crippen LogP contribution is 2.11. The number of aryl methyl sites for hydroxylation is 1. The van der Waals surface area contributed by atoms with E-state index in [1.165, 1.54) is 0 Å². The summed E-state index contributed by atoms with van der Waals surface area (Å²) < 4.78 is 5.12. The van der Waals surface area contributed by atoms with Crippen molar-refractivity contribution in [2.24, 2.45) is 0 Å². The smallest absolute Gasteiger partial charge is 0.408 e. The number of hydrogen-bond donors (Lipinski definition) is 1. The molecule has 0 saturated heterocycles. The third-order valence-corrected chi connectivity index (χ3v) is 2.75. The fourth-order valence-corrected chi connectivity index (χ4v) is 1.84. The lowest BCUT2D eigenvalue weighted by molar-refractivity contribution is -0.113. The molecule has 0 heterocycles. The molecule has 1 rings (SSSR count). The van der Waals surface area contributed by atoms with Gasteiger partial charge in [0.15, 0.2) is 0 Å². The van der Waals surface area contributed by atoms with Gasteiger partial charge < -0.3 is 10.1 Å². The van der Waals surface area contributed by atoms with Crippen molar-refractivity contribution in [3.63, 3.8) is 0 Å². The van der Waals surface area contributed by atoms with E-state index in [2.05, 4.69) is 5.32 Å². The van der Waals surface area contributed by atoms with Crippen molar-refractivity contribution in [1.82, 2.24) is 5.32 Å². The van der Waals surface area contributed by atoms with E-state index in [1.54, 1.807) is 20.8 Å². The molecule has 110 valence electrons. The highest BCUT2D eigenvalue weighted by Gasteiger charge is 2.23. The van der Waals surface area contributed by atoms with E-state index in [9.17, 15) is 9.59 Å². The van der Waals surface area contributed by atoms with E-state index in [0.717, 1.165) is 11.1 Å². The molecule has 4 nitrogen and oxygen atoms in total. The van der Waals surface area contributed by atoms with Crippen LogP contribution in [0.25, 0.3) is 0 Å². The van der Waals surface area contributed by atoms with Crippen molar-refractivity contribution in [3.8, 4) is 0 Å². The zero-order chi connectivity index (χ0) is 15.3. The molecule has 0 aromatic heterocycles. The Morgan fingerprint density at radius 3 is 2.50 bits per heavy atom. The molecular formula is C15H20ClNO3. The Labute approximate surface area is 124 Å². The van der Waals surface area contributed by atoms with Crippen LogP contribution >= 0.6 is 11.6 Å². The Hall–Kier alpha value is -1.55. The minimum absolute atomic E-state index is 0.337. The van der Waals surface area contributed by atoms with E-state index in [0.29, 0.717) is 6.42 Å². The SMILES string of the molecule is Cc1cccc(CC(NC(=O)OC(C)(C)C)C(=O)Cl)c1. The summed E-state index contributed by atoms with van der Waals surface area (Å²) in [7, 11) is 0. The standard InChI is InChI=1S/C15H20ClNO3/c1-10-6-5-7-11(8-10)9-12(13(16)18)17-14(19)20-15(2,3)4/h5-8,12H,9H2,1-4H3,(H,17,19). The number of amides is 1. The van der Waals surface area contributed by atoms with Gasteiger partial charge in [0.2, 0.25) is 5.24 Å². The van der Waals surface area contributed by atoms with Gasteiger partial charge in [-0.25, -0.2) is 4.79 Å². The molecule has 1 amide bonds. The normalized spacial score (nSPS) is 12.7. The highest BCUT2D eigenvalue weighted by atomic mass is 35.5. The summed E-state index contributed by atoms with van der Waals surface area (Å²) in [5, 5.41) is 1.88. The van der Waals surface area contributed by atoms with Crippen LogP contribution in [0.3, 0.4) is 0 Å². The number of rotatable bonds is 4.